The van der Waals surface area contributed by atoms with E-state index in [1.807, 2.05) is 13.8 Å². The van der Waals surface area contributed by atoms with Crippen LogP contribution in [0.15, 0.2) is 0 Å². The summed E-state index contributed by atoms with van der Waals surface area (Å²) in [4.78, 5) is 0. The quantitative estimate of drug-likeness (QED) is 0.609. The Balaban J connectivity index is 1.27. The molecule has 12 unspecified atom stereocenters. The van der Waals surface area contributed by atoms with E-state index in [-0.39, 0.29) is 35.7 Å². The minimum Gasteiger partial charge on any atom is -0.393 e. The molecule has 4 nitrogen and oxygen atoms in total. The molecule has 0 amide bonds. The molecule has 4 heteroatoms. The average Bonchev–Trinajstić information content (AvgIpc) is 2.96. The summed E-state index contributed by atoms with van der Waals surface area (Å²) >= 11 is 0. The van der Waals surface area contributed by atoms with Crippen LogP contribution in [0.4, 0.5) is 0 Å². The Hall–Kier alpha value is -0.160. The Bertz CT molecular complexity index is 746. The van der Waals surface area contributed by atoms with Gasteiger partial charge >= 0.3 is 0 Å². The third-order valence-corrected chi connectivity index (χ3v) is 12.2. The molecule has 0 aromatic rings. The maximum absolute atomic E-state index is 11.4. The molecule has 5 aliphatic carbocycles. The normalized spacial score (nSPS) is 60.7. The minimum absolute atomic E-state index is 0.0878. The van der Waals surface area contributed by atoms with E-state index in [0.29, 0.717) is 28.6 Å². The number of aliphatic hydroxyl groups is 3. The molecule has 6 fully saturated rings. The predicted octanol–water partition coefficient (Wildman–Crippen LogP) is 4.30. The first kappa shape index (κ1) is 21.4. The van der Waals surface area contributed by atoms with Crippen molar-refractivity contribution >= 4 is 0 Å². The molecule has 1 heterocycles. The molecular weight excluding hydrogens is 388 g/mol. The van der Waals surface area contributed by atoms with Crippen LogP contribution in [0.25, 0.3) is 0 Å². The van der Waals surface area contributed by atoms with Gasteiger partial charge in [-0.2, -0.15) is 0 Å². The second kappa shape index (κ2) is 6.49. The third-order valence-electron chi connectivity index (χ3n) is 12.2. The molecule has 1 saturated heterocycles. The summed E-state index contributed by atoms with van der Waals surface area (Å²) in [5.41, 5.74) is 0.339. The van der Waals surface area contributed by atoms with E-state index < -0.39 is 5.60 Å². The number of hydrogen-bond donors (Lipinski definition) is 3. The molecule has 176 valence electrons. The first-order valence-electron chi connectivity index (χ1n) is 13.3. The van der Waals surface area contributed by atoms with Crippen molar-refractivity contribution in [3.05, 3.63) is 0 Å². The summed E-state index contributed by atoms with van der Waals surface area (Å²) in [6.07, 6.45) is 11.1. The van der Waals surface area contributed by atoms with E-state index in [1.54, 1.807) is 0 Å². The number of rotatable bonds is 2. The van der Waals surface area contributed by atoms with E-state index in [1.165, 1.54) is 38.5 Å². The van der Waals surface area contributed by atoms with Gasteiger partial charge in [-0.15, -0.1) is 0 Å². The highest BCUT2D eigenvalue weighted by Crippen LogP contribution is 2.86. The molecule has 6 aliphatic rings. The van der Waals surface area contributed by atoms with Crippen LogP contribution in [-0.2, 0) is 4.74 Å². The monoisotopic (exact) mass is 432 g/mol. The number of fused-ring (bicyclic) bond motifs is 2. The summed E-state index contributed by atoms with van der Waals surface area (Å²) in [5.74, 6) is 2.73. The number of hydrogen-bond acceptors (Lipinski definition) is 4. The average molecular weight is 433 g/mol. The molecule has 0 radical (unpaired) electrons. The van der Waals surface area contributed by atoms with Crippen LogP contribution in [0.1, 0.15) is 91.9 Å². The van der Waals surface area contributed by atoms with Gasteiger partial charge in [0, 0.05) is 5.92 Å². The van der Waals surface area contributed by atoms with Crippen LogP contribution >= 0.6 is 0 Å². The van der Waals surface area contributed by atoms with Gasteiger partial charge in [-0.1, -0.05) is 13.8 Å². The van der Waals surface area contributed by atoms with Crippen LogP contribution < -0.4 is 0 Å². The van der Waals surface area contributed by atoms with E-state index in [9.17, 15) is 15.3 Å². The Morgan fingerprint density at radius 2 is 1.55 bits per heavy atom. The summed E-state index contributed by atoms with van der Waals surface area (Å²) in [6, 6.07) is 0. The summed E-state index contributed by atoms with van der Waals surface area (Å²) in [6.45, 7) is 8.49. The molecule has 2 spiro atoms. The summed E-state index contributed by atoms with van der Waals surface area (Å²) in [7, 11) is 0. The standard InChI is InChI=1S/C27H44O4/c1-15-16-5-6-17-18-13-20(29)23(21-7-8-22(31-21)24(2,3)30)25(18,4)11-12-27(17)14-26(16,27)10-9-19(15)28/h15-23,28-30H,5-14H2,1-4H3. The maximum atomic E-state index is 11.4. The second-order valence-electron chi connectivity index (χ2n) is 13.6. The topological polar surface area (TPSA) is 69.9 Å². The Kier molecular flexibility index (Phi) is 4.48. The lowest BCUT2D eigenvalue weighted by Crippen LogP contribution is -2.52. The lowest BCUT2D eigenvalue weighted by molar-refractivity contribution is -0.137. The van der Waals surface area contributed by atoms with Crippen molar-refractivity contribution in [1.82, 2.24) is 0 Å². The Labute approximate surface area is 188 Å². The van der Waals surface area contributed by atoms with Gasteiger partial charge in [0.25, 0.3) is 0 Å². The predicted molar refractivity (Wildman–Crippen MR) is 119 cm³/mol. The molecule has 3 N–H and O–H groups in total. The zero-order chi connectivity index (χ0) is 22.0. The fraction of sp³-hybridized carbons (Fsp3) is 1.00. The van der Waals surface area contributed by atoms with E-state index in [0.717, 1.165) is 31.6 Å². The smallest absolute Gasteiger partial charge is 0.0861 e. The highest BCUT2D eigenvalue weighted by atomic mass is 16.5. The largest absolute Gasteiger partial charge is 0.393 e. The number of aliphatic hydroxyl groups excluding tert-OH is 2. The van der Waals surface area contributed by atoms with Gasteiger partial charge in [-0.25, -0.2) is 0 Å². The Morgan fingerprint density at radius 3 is 2.26 bits per heavy atom. The van der Waals surface area contributed by atoms with Crippen molar-refractivity contribution in [1.29, 1.82) is 0 Å². The molecule has 0 aromatic heterocycles. The lowest BCUT2D eigenvalue weighted by atomic mass is 9.48. The van der Waals surface area contributed by atoms with Gasteiger partial charge in [0.1, 0.15) is 0 Å². The van der Waals surface area contributed by atoms with Crippen LogP contribution in [0.2, 0.25) is 0 Å². The van der Waals surface area contributed by atoms with E-state index in [2.05, 4.69) is 13.8 Å². The van der Waals surface area contributed by atoms with Crippen molar-refractivity contribution in [3.63, 3.8) is 0 Å². The fourth-order valence-electron chi connectivity index (χ4n) is 10.7. The van der Waals surface area contributed by atoms with Gasteiger partial charge in [-0.05, 0) is 118 Å². The zero-order valence-corrected chi connectivity index (χ0v) is 20.0. The van der Waals surface area contributed by atoms with E-state index >= 15 is 0 Å². The maximum Gasteiger partial charge on any atom is 0.0861 e. The van der Waals surface area contributed by atoms with Crippen molar-refractivity contribution in [2.75, 3.05) is 0 Å². The van der Waals surface area contributed by atoms with Crippen LogP contribution in [-0.4, -0.2) is 45.3 Å². The van der Waals surface area contributed by atoms with Crippen LogP contribution in [0.5, 0.6) is 0 Å². The molecule has 12 atom stereocenters. The van der Waals surface area contributed by atoms with Crippen molar-refractivity contribution < 1.29 is 20.1 Å². The molecular formula is C27H44O4. The Morgan fingerprint density at radius 1 is 0.839 bits per heavy atom. The molecule has 31 heavy (non-hydrogen) atoms. The SMILES string of the molecule is CC1C(O)CCC23CC24CCC2(C)C(CC(O)C2C2CCC(C(C)(C)O)O2)C4CCC13. The lowest BCUT2D eigenvalue weighted by Gasteiger charge is -2.57. The van der Waals surface area contributed by atoms with Gasteiger partial charge in [0.05, 0.1) is 30.0 Å². The molecule has 1 aliphatic heterocycles. The van der Waals surface area contributed by atoms with Gasteiger partial charge in [-0.3, -0.25) is 0 Å². The summed E-state index contributed by atoms with van der Waals surface area (Å²) in [5, 5.41) is 32.4. The van der Waals surface area contributed by atoms with Gasteiger partial charge in [0.15, 0.2) is 0 Å². The molecule has 5 saturated carbocycles. The molecule has 0 aromatic carbocycles. The highest BCUT2D eigenvalue weighted by molar-refractivity contribution is 5.28. The van der Waals surface area contributed by atoms with E-state index in [4.69, 9.17) is 4.74 Å². The van der Waals surface area contributed by atoms with Gasteiger partial charge < -0.3 is 20.1 Å². The molecule has 6 rings (SSSR count). The van der Waals surface area contributed by atoms with Crippen molar-refractivity contribution in [3.8, 4) is 0 Å². The zero-order valence-electron chi connectivity index (χ0n) is 20.0. The first-order chi connectivity index (χ1) is 14.5. The summed E-state index contributed by atoms with van der Waals surface area (Å²) < 4.78 is 6.44. The highest BCUT2D eigenvalue weighted by Gasteiger charge is 2.79. The van der Waals surface area contributed by atoms with Gasteiger partial charge in [0.2, 0.25) is 0 Å². The van der Waals surface area contributed by atoms with Crippen LogP contribution in [0, 0.1) is 45.8 Å². The molecule has 0 bridgehead atoms. The number of ether oxygens (including phenoxy) is 1. The third kappa shape index (κ3) is 2.63. The minimum atomic E-state index is -0.809. The van der Waals surface area contributed by atoms with Crippen molar-refractivity contribution in [2.45, 2.75) is 122 Å². The first-order valence-corrected chi connectivity index (χ1v) is 13.3. The van der Waals surface area contributed by atoms with Crippen LogP contribution in [0.3, 0.4) is 0 Å². The second-order valence-corrected chi connectivity index (χ2v) is 13.6. The fourth-order valence-corrected chi connectivity index (χ4v) is 10.7. The van der Waals surface area contributed by atoms with Crippen molar-refractivity contribution in [2.24, 2.45) is 45.8 Å².